The first kappa shape index (κ1) is 15.5. The second-order valence-corrected chi connectivity index (χ2v) is 7.50. The van der Waals surface area contributed by atoms with Gasteiger partial charge in [0.1, 0.15) is 0 Å². The molecule has 0 saturated carbocycles. The first-order valence-electron chi connectivity index (χ1n) is 7.77. The van der Waals surface area contributed by atoms with Gasteiger partial charge in [-0.25, -0.2) is 4.98 Å². The molecule has 24 heavy (non-hydrogen) atoms. The topological polar surface area (TPSA) is 72.7 Å². The Labute approximate surface area is 147 Å². The zero-order valence-corrected chi connectivity index (χ0v) is 14.9. The quantitative estimate of drug-likeness (QED) is 0.761. The number of amides is 1. The molecule has 1 aliphatic carbocycles. The number of nitrogens with zero attached hydrogens (tertiary/aromatic N) is 4. The average Bonchev–Trinajstić information content (AvgIpc) is 3.16. The van der Waals surface area contributed by atoms with Crippen molar-refractivity contribution < 1.29 is 4.79 Å². The highest BCUT2D eigenvalue weighted by atomic mass is 35.5. The summed E-state index contributed by atoms with van der Waals surface area (Å²) in [6.45, 7) is 1.99. The number of hydrogen-bond donors (Lipinski definition) is 1. The molecule has 0 fully saturated rings. The lowest BCUT2D eigenvalue weighted by atomic mass is 9.89. The Kier molecular flexibility index (Phi) is 3.77. The molecule has 0 spiro atoms. The highest BCUT2D eigenvalue weighted by molar-refractivity contribution is 7.23. The lowest BCUT2D eigenvalue weighted by Gasteiger charge is -2.20. The number of carbonyl (C=O) groups is 1. The summed E-state index contributed by atoms with van der Waals surface area (Å²) in [4.78, 5) is 17.2. The molecule has 124 valence electrons. The first-order chi connectivity index (χ1) is 11.5. The second kappa shape index (κ2) is 5.82. The van der Waals surface area contributed by atoms with Crippen LogP contribution < -0.4 is 5.32 Å². The van der Waals surface area contributed by atoms with Gasteiger partial charge in [-0.3, -0.25) is 9.48 Å². The summed E-state index contributed by atoms with van der Waals surface area (Å²) < 4.78 is 2.67. The molecule has 0 bridgehead atoms. The number of anilines is 1. The molecule has 1 amide bonds. The molecule has 1 aromatic carbocycles. The number of fused-ring (bicyclic) bond motifs is 2. The van der Waals surface area contributed by atoms with E-state index in [0.717, 1.165) is 40.0 Å². The van der Waals surface area contributed by atoms with Crippen LogP contribution in [0.4, 0.5) is 5.13 Å². The molecule has 1 N–H and O–H groups in total. The Hall–Kier alpha value is -1.99. The van der Waals surface area contributed by atoms with Gasteiger partial charge in [-0.05, 0) is 31.4 Å². The highest BCUT2D eigenvalue weighted by Gasteiger charge is 2.28. The van der Waals surface area contributed by atoms with Gasteiger partial charge in [0.25, 0.3) is 0 Å². The van der Waals surface area contributed by atoms with E-state index in [1.807, 2.05) is 26.1 Å². The molecule has 1 unspecified atom stereocenters. The van der Waals surface area contributed by atoms with Crippen molar-refractivity contribution in [2.45, 2.75) is 26.2 Å². The standard InChI is InChI=1S/C16H16ClN5OS/c1-8-3-5-10(17)14-13(8)18-16(24-14)19-15(23)9-4-6-11-12(7-9)22(2)21-20-11/h3,5,9H,4,6-7H2,1-2H3,(H,18,19,23). The molecular weight excluding hydrogens is 346 g/mol. The number of benzene rings is 1. The number of aromatic nitrogens is 4. The van der Waals surface area contributed by atoms with Crippen molar-refractivity contribution in [2.24, 2.45) is 13.0 Å². The van der Waals surface area contributed by atoms with Crippen molar-refractivity contribution in [3.05, 3.63) is 34.1 Å². The van der Waals surface area contributed by atoms with Crippen LogP contribution in [0.25, 0.3) is 10.2 Å². The highest BCUT2D eigenvalue weighted by Crippen LogP contribution is 2.34. The van der Waals surface area contributed by atoms with Gasteiger partial charge in [0, 0.05) is 19.4 Å². The van der Waals surface area contributed by atoms with Crippen LogP contribution in [0.2, 0.25) is 5.02 Å². The fourth-order valence-electron chi connectivity index (χ4n) is 3.10. The van der Waals surface area contributed by atoms with Crippen LogP contribution in [0.15, 0.2) is 12.1 Å². The SMILES string of the molecule is Cc1ccc(Cl)c2sc(NC(=O)C3CCc4nnn(C)c4C3)nc12. The van der Waals surface area contributed by atoms with Crippen molar-refractivity contribution in [1.29, 1.82) is 0 Å². The van der Waals surface area contributed by atoms with Crippen molar-refractivity contribution in [2.75, 3.05) is 5.32 Å². The summed E-state index contributed by atoms with van der Waals surface area (Å²) in [7, 11) is 1.87. The summed E-state index contributed by atoms with van der Waals surface area (Å²) >= 11 is 7.65. The minimum atomic E-state index is -0.0849. The molecule has 0 aliphatic heterocycles. The Balaban J connectivity index is 1.56. The normalized spacial score (nSPS) is 17.0. The van der Waals surface area contributed by atoms with Crippen LogP contribution in [-0.2, 0) is 24.7 Å². The molecule has 1 atom stereocenters. The predicted molar refractivity (Wildman–Crippen MR) is 94.5 cm³/mol. The monoisotopic (exact) mass is 361 g/mol. The van der Waals surface area contributed by atoms with E-state index < -0.39 is 0 Å². The molecule has 3 aromatic rings. The van der Waals surface area contributed by atoms with Crippen LogP contribution in [0.3, 0.4) is 0 Å². The van der Waals surface area contributed by atoms with Gasteiger partial charge in [0.05, 0.1) is 26.6 Å². The van der Waals surface area contributed by atoms with Crippen LogP contribution in [0, 0.1) is 12.8 Å². The molecule has 0 saturated heterocycles. The molecule has 4 rings (SSSR count). The Morgan fingerprint density at radius 1 is 1.46 bits per heavy atom. The van der Waals surface area contributed by atoms with Crippen LogP contribution >= 0.6 is 22.9 Å². The minimum absolute atomic E-state index is 0.00492. The van der Waals surface area contributed by atoms with E-state index in [9.17, 15) is 4.79 Å². The van der Waals surface area contributed by atoms with Crippen molar-refractivity contribution >= 4 is 44.2 Å². The molecule has 0 radical (unpaired) electrons. The summed E-state index contributed by atoms with van der Waals surface area (Å²) in [5.74, 6) is -0.0898. The van der Waals surface area contributed by atoms with E-state index >= 15 is 0 Å². The summed E-state index contributed by atoms with van der Waals surface area (Å²) in [6.07, 6.45) is 2.23. The van der Waals surface area contributed by atoms with Crippen LogP contribution in [-0.4, -0.2) is 25.9 Å². The molecule has 2 aromatic heterocycles. The van der Waals surface area contributed by atoms with Gasteiger partial charge in [-0.15, -0.1) is 5.10 Å². The summed E-state index contributed by atoms with van der Waals surface area (Å²) in [5.41, 5.74) is 3.95. The zero-order valence-electron chi connectivity index (χ0n) is 13.3. The fourth-order valence-corrected chi connectivity index (χ4v) is 4.32. The van der Waals surface area contributed by atoms with E-state index in [2.05, 4.69) is 20.6 Å². The van der Waals surface area contributed by atoms with Crippen molar-refractivity contribution in [3.63, 3.8) is 0 Å². The van der Waals surface area contributed by atoms with Gasteiger partial charge >= 0.3 is 0 Å². The Bertz CT molecular complexity index is 908. The van der Waals surface area contributed by atoms with E-state index in [1.165, 1.54) is 11.3 Å². The predicted octanol–water partition coefficient (Wildman–Crippen LogP) is 3.13. The third-order valence-electron chi connectivity index (χ3n) is 4.49. The minimum Gasteiger partial charge on any atom is -0.302 e. The molecule has 1 aliphatic rings. The lowest BCUT2D eigenvalue weighted by molar-refractivity contribution is -0.120. The maximum atomic E-state index is 12.6. The molecule has 8 heteroatoms. The van der Waals surface area contributed by atoms with E-state index in [4.69, 9.17) is 11.6 Å². The average molecular weight is 362 g/mol. The van der Waals surface area contributed by atoms with Gasteiger partial charge in [-0.2, -0.15) is 0 Å². The largest absolute Gasteiger partial charge is 0.302 e. The molecule has 6 nitrogen and oxygen atoms in total. The number of thiazole rings is 1. The fraction of sp³-hybridized carbons (Fsp3) is 0.375. The zero-order chi connectivity index (χ0) is 16.8. The number of carbonyl (C=O) groups excluding carboxylic acids is 1. The number of rotatable bonds is 2. The molecular formula is C16H16ClN5OS. The lowest BCUT2D eigenvalue weighted by Crippen LogP contribution is -2.28. The van der Waals surface area contributed by atoms with Crippen LogP contribution in [0.1, 0.15) is 23.4 Å². The van der Waals surface area contributed by atoms with E-state index in [0.29, 0.717) is 16.6 Å². The van der Waals surface area contributed by atoms with Gasteiger partial charge in [-0.1, -0.05) is 34.2 Å². The maximum absolute atomic E-state index is 12.6. The van der Waals surface area contributed by atoms with E-state index in [-0.39, 0.29) is 11.8 Å². The smallest absolute Gasteiger partial charge is 0.229 e. The number of aryl methyl sites for hydroxylation is 3. The number of hydrogen-bond acceptors (Lipinski definition) is 5. The van der Waals surface area contributed by atoms with Gasteiger partial charge in [0.2, 0.25) is 5.91 Å². The molecule has 2 heterocycles. The Morgan fingerprint density at radius 3 is 3.08 bits per heavy atom. The first-order valence-corrected chi connectivity index (χ1v) is 8.96. The summed E-state index contributed by atoms with van der Waals surface area (Å²) in [6, 6.07) is 3.80. The third kappa shape index (κ3) is 2.57. The third-order valence-corrected chi connectivity index (χ3v) is 5.92. The number of halogens is 1. The van der Waals surface area contributed by atoms with Crippen LogP contribution in [0.5, 0.6) is 0 Å². The van der Waals surface area contributed by atoms with Crippen molar-refractivity contribution in [1.82, 2.24) is 20.0 Å². The van der Waals surface area contributed by atoms with E-state index in [1.54, 1.807) is 4.68 Å². The van der Waals surface area contributed by atoms with Gasteiger partial charge < -0.3 is 5.32 Å². The Morgan fingerprint density at radius 2 is 2.29 bits per heavy atom. The van der Waals surface area contributed by atoms with Gasteiger partial charge in [0.15, 0.2) is 5.13 Å². The second-order valence-electron chi connectivity index (χ2n) is 6.10. The summed E-state index contributed by atoms with van der Waals surface area (Å²) in [5, 5.41) is 12.4. The maximum Gasteiger partial charge on any atom is 0.229 e. The van der Waals surface area contributed by atoms with Crippen molar-refractivity contribution in [3.8, 4) is 0 Å². The number of nitrogens with one attached hydrogen (secondary N) is 1.